The molecule has 0 saturated carbocycles. The van der Waals surface area contributed by atoms with Crippen molar-refractivity contribution in [1.29, 1.82) is 0 Å². The molecule has 0 N–H and O–H groups in total. The maximum absolute atomic E-state index is 12.9. The molecule has 0 spiro atoms. The monoisotopic (exact) mass is 481 g/mol. The third kappa shape index (κ3) is 4.80. The largest absolute Gasteiger partial charge is 0.445 e. The number of nitrogens with zero attached hydrogens (tertiary/aromatic N) is 1. The third-order valence-corrected chi connectivity index (χ3v) is 6.71. The van der Waals surface area contributed by atoms with E-state index >= 15 is 0 Å². The Labute approximate surface area is 210 Å². The van der Waals surface area contributed by atoms with Gasteiger partial charge < -0.3 is 9.47 Å². The summed E-state index contributed by atoms with van der Waals surface area (Å²) in [4.78, 5) is 39.5. The third-order valence-electron chi connectivity index (χ3n) is 6.71. The summed E-state index contributed by atoms with van der Waals surface area (Å²) in [5, 5.41) is 0. The second-order valence-corrected chi connectivity index (χ2v) is 9.09. The van der Waals surface area contributed by atoms with Crippen LogP contribution in [0.2, 0.25) is 0 Å². The van der Waals surface area contributed by atoms with Crippen molar-refractivity contribution in [3.05, 3.63) is 107 Å². The summed E-state index contributed by atoms with van der Waals surface area (Å²) >= 11 is 0. The fourth-order valence-electron chi connectivity index (χ4n) is 4.94. The van der Waals surface area contributed by atoms with Gasteiger partial charge in [-0.3, -0.25) is 9.69 Å². The number of hydrogen-bond donors (Lipinski definition) is 0. The Hall–Kier alpha value is -4.19. The molecule has 6 nitrogen and oxygen atoms in total. The lowest BCUT2D eigenvalue weighted by Crippen LogP contribution is -2.41. The van der Waals surface area contributed by atoms with Crippen LogP contribution in [0.3, 0.4) is 0 Å². The van der Waals surface area contributed by atoms with Gasteiger partial charge in [-0.15, -0.1) is 0 Å². The van der Waals surface area contributed by atoms with Crippen LogP contribution in [0.15, 0.2) is 84.6 Å². The van der Waals surface area contributed by atoms with Crippen LogP contribution in [0.4, 0.5) is 4.79 Å². The van der Waals surface area contributed by atoms with E-state index in [0.717, 1.165) is 12.0 Å². The number of rotatable bonds is 6. The van der Waals surface area contributed by atoms with Gasteiger partial charge in [-0.1, -0.05) is 72.8 Å². The number of likely N-dealkylation sites (tertiary alicyclic amines) is 1. The quantitative estimate of drug-likeness (QED) is 0.153. The minimum atomic E-state index is -0.738. The first-order chi connectivity index (χ1) is 17.5. The zero-order chi connectivity index (χ0) is 25.1. The zero-order valence-corrected chi connectivity index (χ0v) is 20.1. The number of amides is 1. The van der Waals surface area contributed by atoms with Crippen molar-refractivity contribution >= 4 is 17.8 Å². The maximum atomic E-state index is 12.9. The van der Waals surface area contributed by atoms with E-state index < -0.39 is 18.1 Å². The number of benzene rings is 3. The summed E-state index contributed by atoms with van der Waals surface area (Å²) in [6.45, 7) is 2.12. The number of esters is 1. The first-order valence-corrected chi connectivity index (χ1v) is 12.1. The molecule has 3 aromatic rings. The summed E-state index contributed by atoms with van der Waals surface area (Å²) in [7, 11) is 0. The highest BCUT2D eigenvalue weighted by atomic mass is 16.6. The van der Waals surface area contributed by atoms with Gasteiger partial charge in [0.25, 0.3) is 0 Å². The topological polar surface area (TPSA) is 72.9 Å². The average molecular weight is 482 g/mol. The highest BCUT2D eigenvalue weighted by Crippen LogP contribution is 2.38. The highest BCUT2D eigenvalue weighted by Gasteiger charge is 2.36. The molecule has 1 atom stereocenters. The van der Waals surface area contributed by atoms with Crippen LogP contribution in [0, 0.1) is 0 Å². The number of ketones is 1. The molecule has 1 aliphatic carbocycles. The van der Waals surface area contributed by atoms with E-state index in [-0.39, 0.29) is 18.1 Å². The second-order valence-electron chi connectivity index (χ2n) is 9.09. The van der Waals surface area contributed by atoms with Gasteiger partial charge in [0.2, 0.25) is 0 Å². The number of ether oxygens (including phenoxy) is 2. The SMILES string of the molecule is CC(=CC(=O)c1ccccc1)OC(=O)[C@@H]1CCCN1C(=O)OCc1cccc2c1Cc1ccccc1-2. The maximum Gasteiger partial charge on any atom is 0.410 e. The number of allylic oxidation sites excluding steroid dienone is 2. The average Bonchev–Trinajstić information content (AvgIpc) is 3.53. The van der Waals surface area contributed by atoms with Gasteiger partial charge in [0.1, 0.15) is 18.4 Å². The molecule has 5 rings (SSSR count). The van der Waals surface area contributed by atoms with Crippen molar-refractivity contribution in [2.75, 3.05) is 6.54 Å². The molecular formula is C30H27NO5. The smallest absolute Gasteiger partial charge is 0.410 e. The van der Waals surface area contributed by atoms with E-state index in [1.165, 1.54) is 33.2 Å². The van der Waals surface area contributed by atoms with Gasteiger partial charge in [0.15, 0.2) is 5.78 Å². The molecule has 1 heterocycles. The van der Waals surface area contributed by atoms with Gasteiger partial charge >= 0.3 is 12.1 Å². The fraction of sp³-hybridized carbons (Fsp3) is 0.233. The minimum Gasteiger partial charge on any atom is -0.445 e. The van der Waals surface area contributed by atoms with Gasteiger partial charge in [-0.25, -0.2) is 9.59 Å². The minimum absolute atomic E-state index is 0.138. The fourth-order valence-corrected chi connectivity index (χ4v) is 4.94. The van der Waals surface area contributed by atoms with Gasteiger partial charge in [0.05, 0.1) is 0 Å². The number of fused-ring (bicyclic) bond motifs is 3. The summed E-state index contributed by atoms with van der Waals surface area (Å²) in [6.07, 6.45) is 2.73. The molecule has 0 unspecified atom stereocenters. The van der Waals surface area contributed by atoms with Crippen molar-refractivity contribution < 1.29 is 23.9 Å². The molecule has 182 valence electrons. The second kappa shape index (κ2) is 10.2. The molecule has 1 fully saturated rings. The highest BCUT2D eigenvalue weighted by molar-refractivity contribution is 6.04. The van der Waals surface area contributed by atoms with Crippen LogP contribution in [0.5, 0.6) is 0 Å². The van der Waals surface area contributed by atoms with Crippen LogP contribution >= 0.6 is 0 Å². The van der Waals surface area contributed by atoms with Crippen molar-refractivity contribution in [3.8, 4) is 11.1 Å². The van der Waals surface area contributed by atoms with Gasteiger partial charge in [-0.2, -0.15) is 0 Å². The summed E-state index contributed by atoms with van der Waals surface area (Å²) < 4.78 is 11.1. The molecule has 3 aromatic carbocycles. The number of carbonyl (C=O) groups is 3. The Balaban J connectivity index is 1.21. The van der Waals surface area contributed by atoms with Crippen molar-refractivity contribution in [3.63, 3.8) is 0 Å². The zero-order valence-electron chi connectivity index (χ0n) is 20.1. The standard InChI is InChI=1S/C30H27NO5/c1-20(17-28(32)21-9-3-2-4-10-21)36-29(33)27-15-8-16-31(27)30(34)35-19-23-12-7-14-25-24-13-6-5-11-22(24)18-26(23)25/h2-7,9-14,17,27H,8,15-16,18-19H2,1H3/t27-/m0/s1. The molecule has 0 radical (unpaired) electrons. The lowest BCUT2D eigenvalue weighted by atomic mass is 10.0. The van der Waals surface area contributed by atoms with Crippen LogP contribution in [-0.4, -0.2) is 35.3 Å². The van der Waals surface area contributed by atoms with Crippen LogP contribution in [0.1, 0.15) is 46.8 Å². The van der Waals surface area contributed by atoms with Crippen molar-refractivity contribution in [1.82, 2.24) is 4.90 Å². The molecule has 2 aliphatic rings. The lowest BCUT2D eigenvalue weighted by molar-refractivity contribution is -0.144. The first kappa shape index (κ1) is 23.5. The molecule has 6 heteroatoms. The number of hydrogen-bond acceptors (Lipinski definition) is 5. The van der Waals surface area contributed by atoms with Crippen LogP contribution in [-0.2, 0) is 27.3 Å². The van der Waals surface area contributed by atoms with Crippen molar-refractivity contribution in [2.24, 2.45) is 0 Å². The molecule has 0 bridgehead atoms. The van der Waals surface area contributed by atoms with E-state index in [9.17, 15) is 14.4 Å². The number of carbonyl (C=O) groups excluding carboxylic acids is 3. The molecule has 1 aliphatic heterocycles. The summed E-state index contributed by atoms with van der Waals surface area (Å²) in [5.74, 6) is -0.621. The lowest BCUT2D eigenvalue weighted by Gasteiger charge is -2.23. The normalized spacial score (nSPS) is 16.3. The Morgan fingerprint density at radius 3 is 2.53 bits per heavy atom. The summed E-state index contributed by atoms with van der Waals surface area (Å²) in [5.41, 5.74) is 6.31. The molecule has 0 aromatic heterocycles. The molecular weight excluding hydrogens is 454 g/mol. The Bertz CT molecular complexity index is 1340. The Kier molecular flexibility index (Phi) is 6.67. The van der Waals surface area contributed by atoms with E-state index in [1.54, 1.807) is 31.2 Å². The Morgan fingerprint density at radius 1 is 0.944 bits per heavy atom. The van der Waals surface area contributed by atoms with E-state index in [0.29, 0.717) is 24.9 Å². The van der Waals surface area contributed by atoms with Crippen molar-refractivity contribution in [2.45, 2.75) is 38.8 Å². The molecule has 36 heavy (non-hydrogen) atoms. The first-order valence-electron chi connectivity index (χ1n) is 12.1. The van der Waals surface area contributed by atoms with Gasteiger partial charge in [0, 0.05) is 18.2 Å². The van der Waals surface area contributed by atoms with E-state index in [2.05, 4.69) is 18.2 Å². The molecule has 1 saturated heterocycles. The Morgan fingerprint density at radius 2 is 1.69 bits per heavy atom. The van der Waals surface area contributed by atoms with E-state index in [1.807, 2.05) is 30.3 Å². The van der Waals surface area contributed by atoms with Crippen LogP contribution < -0.4 is 0 Å². The molecule has 1 amide bonds. The van der Waals surface area contributed by atoms with E-state index in [4.69, 9.17) is 9.47 Å². The van der Waals surface area contributed by atoms with Crippen LogP contribution in [0.25, 0.3) is 11.1 Å². The predicted octanol–water partition coefficient (Wildman–Crippen LogP) is 5.69. The predicted molar refractivity (Wildman–Crippen MR) is 135 cm³/mol. The summed E-state index contributed by atoms with van der Waals surface area (Å²) in [6, 6.07) is 22.4. The van der Waals surface area contributed by atoms with Gasteiger partial charge in [-0.05, 0) is 54.0 Å².